The molecule has 0 saturated heterocycles. The molecule has 0 radical (unpaired) electrons. The van der Waals surface area contributed by atoms with E-state index < -0.39 is 6.43 Å². The first kappa shape index (κ1) is 13.7. The molecule has 1 saturated carbocycles. The van der Waals surface area contributed by atoms with Crippen LogP contribution in [0.25, 0.3) is 21.5 Å². The van der Waals surface area contributed by atoms with Gasteiger partial charge >= 0.3 is 0 Å². The summed E-state index contributed by atoms with van der Waals surface area (Å²) in [5.74, 6) is 0. The van der Waals surface area contributed by atoms with E-state index in [1.807, 2.05) is 17.5 Å². The van der Waals surface area contributed by atoms with Gasteiger partial charge in [0.05, 0.1) is 5.52 Å². The van der Waals surface area contributed by atoms with Crippen LogP contribution >= 0.6 is 11.3 Å². The monoisotopic (exact) mass is 317 g/mol. The third kappa shape index (κ3) is 2.19. The Morgan fingerprint density at radius 2 is 2.05 bits per heavy atom. The van der Waals surface area contributed by atoms with Crippen LogP contribution in [0.3, 0.4) is 0 Å². The molecule has 1 aliphatic carbocycles. The third-order valence-electron chi connectivity index (χ3n) is 4.06. The molecule has 0 atom stereocenters. The standard InChI is InChI=1S/C16H13F2N3S/c17-14(18)12-2-1-10-11(16(19)3-4-16)7-9(8-13(10)21-12)15-20-5-6-22-15/h1-2,5-8,14H,3-4,19H2. The molecule has 2 aromatic heterocycles. The summed E-state index contributed by atoms with van der Waals surface area (Å²) in [5.41, 5.74) is 8.20. The van der Waals surface area contributed by atoms with Gasteiger partial charge in [-0.15, -0.1) is 11.3 Å². The number of fused-ring (bicyclic) bond motifs is 1. The molecule has 3 nitrogen and oxygen atoms in total. The Morgan fingerprint density at radius 3 is 2.68 bits per heavy atom. The summed E-state index contributed by atoms with van der Waals surface area (Å²) in [4.78, 5) is 8.41. The Kier molecular flexibility index (Phi) is 2.99. The number of nitrogens with zero attached hydrogens (tertiary/aromatic N) is 2. The minimum absolute atomic E-state index is 0.211. The zero-order chi connectivity index (χ0) is 15.3. The topological polar surface area (TPSA) is 51.8 Å². The van der Waals surface area contributed by atoms with Crippen molar-refractivity contribution in [2.24, 2.45) is 5.73 Å². The van der Waals surface area contributed by atoms with Crippen molar-refractivity contribution in [3.8, 4) is 10.6 Å². The van der Waals surface area contributed by atoms with E-state index in [9.17, 15) is 8.78 Å². The summed E-state index contributed by atoms with van der Waals surface area (Å²) in [6, 6.07) is 6.93. The van der Waals surface area contributed by atoms with Crippen molar-refractivity contribution in [1.82, 2.24) is 9.97 Å². The molecule has 2 N–H and O–H groups in total. The first-order chi connectivity index (χ1) is 10.6. The highest BCUT2D eigenvalue weighted by atomic mass is 32.1. The molecular formula is C16H13F2N3S. The molecule has 1 aromatic carbocycles. The smallest absolute Gasteiger partial charge is 0.280 e. The summed E-state index contributed by atoms with van der Waals surface area (Å²) >= 11 is 1.51. The molecule has 0 aliphatic heterocycles. The highest BCUT2D eigenvalue weighted by molar-refractivity contribution is 7.13. The average molecular weight is 317 g/mol. The van der Waals surface area contributed by atoms with E-state index in [-0.39, 0.29) is 11.2 Å². The van der Waals surface area contributed by atoms with Crippen LogP contribution in [-0.4, -0.2) is 9.97 Å². The van der Waals surface area contributed by atoms with Crippen LogP contribution in [0.4, 0.5) is 8.78 Å². The van der Waals surface area contributed by atoms with Crippen LogP contribution in [0.2, 0.25) is 0 Å². The van der Waals surface area contributed by atoms with E-state index in [0.717, 1.165) is 34.4 Å². The largest absolute Gasteiger partial charge is 0.321 e. The SMILES string of the molecule is NC1(c2cc(-c3nccs3)cc3nc(C(F)F)ccc23)CC1. The summed E-state index contributed by atoms with van der Waals surface area (Å²) < 4.78 is 25.8. The number of hydrogen-bond donors (Lipinski definition) is 1. The van der Waals surface area contributed by atoms with E-state index in [2.05, 4.69) is 9.97 Å². The minimum atomic E-state index is -2.58. The first-order valence-corrected chi connectivity index (χ1v) is 7.87. The number of thiazole rings is 1. The van der Waals surface area contributed by atoms with Gasteiger partial charge in [-0.2, -0.15) is 0 Å². The second kappa shape index (κ2) is 4.79. The van der Waals surface area contributed by atoms with Gasteiger partial charge in [0.1, 0.15) is 10.7 Å². The molecule has 1 fully saturated rings. The van der Waals surface area contributed by atoms with Gasteiger partial charge in [0, 0.05) is 28.1 Å². The molecule has 22 heavy (non-hydrogen) atoms. The maximum atomic E-state index is 12.9. The number of aromatic nitrogens is 2. The molecule has 0 spiro atoms. The molecule has 0 unspecified atom stereocenters. The Labute approximate surface area is 129 Å². The van der Waals surface area contributed by atoms with Crippen LogP contribution in [0.5, 0.6) is 0 Å². The zero-order valence-corrected chi connectivity index (χ0v) is 12.4. The van der Waals surface area contributed by atoms with Crippen molar-refractivity contribution < 1.29 is 8.78 Å². The summed E-state index contributed by atoms with van der Waals surface area (Å²) in [6.07, 6.45) is 0.951. The van der Waals surface area contributed by atoms with Crippen molar-refractivity contribution in [2.75, 3.05) is 0 Å². The van der Waals surface area contributed by atoms with E-state index in [1.165, 1.54) is 17.4 Å². The van der Waals surface area contributed by atoms with Gasteiger partial charge in [0.15, 0.2) is 0 Å². The molecule has 4 rings (SSSR count). The van der Waals surface area contributed by atoms with Gasteiger partial charge in [-0.1, -0.05) is 6.07 Å². The minimum Gasteiger partial charge on any atom is -0.321 e. The van der Waals surface area contributed by atoms with Gasteiger partial charge in [-0.05, 0) is 36.6 Å². The second-order valence-corrected chi connectivity index (χ2v) is 6.52. The number of benzene rings is 1. The summed E-state index contributed by atoms with van der Waals surface area (Å²) in [7, 11) is 0. The van der Waals surface area contributed by atoms with Crippen LogP contribution in [0, 0.1) is 0 Å². The third-order valence-corrected chi connectivity index (χ3v) is 4.88. The lowest BCUT2D eigenvalue weighted by molar-refractivity contribution is 0.146. The van der Waals surface area contributed by atoms with E-state index in [1.54, 1.807) is 12.3 Å². The van der Waals surface area contributed by atoms with Crippen molar-refractivity contribution in [2.45, 2.75) is 24.8 Å². The molecule has 1 aliphatic rings. The van der Waals surface area contributed by atoms with Crippen molar-refractivity contribution in [3.05, 3.63) is 47.1 Å². The van der Waals surface area contributed by atoms with E-state index >= 15 is 0 Å². The highest BCUT2D eigenvalue weighted by Crippen LogP contribution is 2.46. The maximum absolute atomic E-state index is 12.9. The van der Waals surface area contributed by atoms with Crippen LogP contribution in [-0.2, 0) is 5.54 Å². The second-order valence-electron chi connectivity index (χ2n) is 5.62. The lowest BCUT2D eigenvalue weighted by Crippen LogP contribution is -2.19. The van der Waals surface area contributed by atoms with Gasteiger partial charge < -0.3 is 5.73 Å². The molecule has 6 heteroatoms. The molecule has 2 heterocycles. The summed E-state index contributed by atoms with van der Waals surface area (Å²) in [5, 5.41) is 3.58. The summed E-state index contributed by atoms with van der Waals surface area (Å²) in [6.45, 7) is 0. The number of halogens is 2. The number of nitrogens with two attached hydrogens (primary N) is 1. The van der Waals surface area contributed by atoms with Gasteiger partial charge in [0.2, 0.25) is 0 Å². The molecule has 0 bridgehead atoms. The molecular weight excluding hydrogens is 304 g/mol. The van der Waals surface area contributed by atoms with Crippen LogP contribution < -0.4 is 5.73 Å². The fourth-order valence-corrected chi connectivity index (χ4v) is 3.30. The molecule has 0 amide bonds. The Bertz CT molecular complexity index is 842. The normalized spacial score (nSPS) is 16.4. The predicted molar refractivity (Wildman–Crippen MR) is 82.9 cm³/mol. The number of alkyl halides is 2. The Morgan fingerprint density at radius 1 is 1.23 bits per heavy atom. The number of pyridine rings is 1. The predicted octanol–water partition coefficient (Wildman–Crippen LogP) is 4.24. The quantitative estimate of drug-likeness (QED) is 0.786. The van der Waals surface area contributed by atoms with Crippen molar-refractivity contribution in [3.63, 3.8) is 0 Å². The maximum Gasteiger partial charge on any atom is 0.280 e. The van der Waals surface area contributed by atoms with Gasteiger partial charge in [0.25, 0.3) is 6.43 Å². The zero-order valence-electron chi connectivity index (χ0n) is 11.6. The van der Waals surface area contributed by atoms with Crippen molar-refractivity contribution in [1.29, 1.82) is 0 Å². The van der Waals surface area contributed by atoms with Crippen molar-refractivity contribution >= 4 is 22.2 Å². The number of hydrogen-bond acceptors (Lipinski definition) is 4. The van der Waals surface area contributed by atoms with E-state index in [4.69, 9.17) is 5.73 Å². The molecule has 3 aromatic rings. The average Bonchev–Trinajstić information content (AvgIpc) is 3.03. The van der Waals surface area contributed by atoms with E-state index in [0.29, 0.717) is 5.52 Å². The number of rotatable bonds is 3. The first-order valence-electron chi connectivity index (χ1n) is 6.99. The lowest BCUT2D eigenvalue weighted by atomic mass is 9.97. The molecule has 112 valence electrons. The Balaban J connectivity index is 1.99. The van der Waals surface area contributed by atoms with Crippen LogP contribution in [0.15, 0.2) is 35.8 Å². The van der Waals surface area contributed by atoms with Gasteiger partial charge in [-0.25, -0.2) is 18.7 Å². The Hall–Kier alpha value is -1.92. The highest BCUT2D eigenvalue weighted by Gasteiger charge is 2.41. The van der Waals surface area contributed by atoms with Crippen LogP contribution in [0.1, 0.15) is 30.5 Å². The fourth-order valence-electron chi connectivity index (χ4n) is 2.68. The van der Waals surface area contributed by atoms with Gasteiger partial charge in [-0.3, -0.25) is 0 Å². The lowest BCUT2D eigenvalue weighted by Gasteiger charge is -2.15. The fraction of sp³-hybridized carbons (Fsp3) is 0.250.